The second-order valence-corrected chi connectivity index (χ2v) is 6.29. The van der Waals surface area contributed by atoms with Crippen LogP contribution in [0.1, 0.15) is 33.9 Å². The summed E-state index contributed by atoms with van der Waals surface area (Å²) in [6.07, 6.45) is -6.27. The number of rotatable bonds is 5. The van der Waals surface area contributed by atoms with E-state index in [0.717, 1.165) is 35.2 Å². The summed E-state index contributed by atoms with van der Waals surface area (Å²) in [5.41, 5.74) is 2.30. The normalized spacial score (nSPS) is 14.1. The molecule has 0 aliphatic heterocycles. The molecule has 0 saturated carbocycles. The summed E-state index contributed by atoms with van der Waals surface area (Å²) in [5.74, 6) is -0.835. The number of para-hydroxylation sites is 1. The number of nitrogens with zero attached hydrogens (tertiary/aromatic N) is 1. The van der Waals surface area contributed by atoms with Gasteiger partial charge in [-0.2, -0.15) is 13.2 Å². The van der Waals surface area contributed by atoms with Gasteiger partial charge < -0.3 is 9.67 Å². The molecule has 6 nitrogen and oxygen atoms in total. The highest BCUT2D eigenvalue weighted by atomic mass is 19.4. The Bertz CT molecular complexity index is 983. The van der Waals surface area contributed by atoms with Crippen LogP contribution >= 0.6 is 0 Å². The third-order valence-corrected chi connectivity index (χ3v) is 4.53. The van der Waals surface area contributed by atoms with Crippen LogP contribution in [-0.4, -0.2) is 27.0 Å². The van der Waals surface area contributed by atoms with Crippen molar-refractivity contribution in [2.45, 2.75) is 18.4 Å². The third kappa shape index (κ3) is 3.86. The van der Waals surface area contributed by atoms with Crippen molar-refractivity contribution in [3.63, 3.8) is 0 Å². The molecule has 0 spiro atoms. The van der Waals surface area contributed by atoms with Crippen molar-refractivity contribution in [3.8, 4) is 0 Å². The number of nitrogens with one attached hydrogen (secondary N) is 2. The maximum atomic E-state index is 13.6. The molecule has 0 saturated heterocycles. The Labute approximate surface area is 158 Å². The van der Waals surface area contributed by atoms with Crippen LogP contribution in [0.25, 0.3) is 10.9 Å². The highest BCUT2D eigenvalue weighted by molar-refractivity contribution is 5.93. The second-order valence-electron chi connectivity index (χ2n) is 6.29. The minimum atomic E-state index is -4.69. The summed E-state index contributed by atoms with van der Waals surface area (Å²) in [4.78, 5) is 11.3. The fourth-order valence-corrected chi connectivity index (χ4v) is 3.09. The van der Waals surface area contributed by atoms with Crippen molar-refractivity contribution in [1.82, 2.24) is 15.4 Å². The molecular formula is C19H18F3N3O3. The lowest BCUT2D eigenvalue weighted by molar-refractivity contribution is -0.166. The number of aliphatic hydroxyl groups excluding tert-OH is 1. The van der Waals surface area contributed by atoms with Gasteiger partial charge in [-0.25, -0.2) is 5.48 Å². The second kappa shape index (κ2) is 7.63. The summed E-state index contributed by atoms with van der Waals surface area (Å²) in [5, 5.41) is 22.1. The summed E-state index contributed by atoms with van der Waals surface area (Å²) in [6.45, 7) is 0. The molecule has 3 rings (SSSR count). The van der Waals surface area contributed by atoms with Gasteiger partial charge in [-0.3, -0.25) is 15.3 Å². The van der Waals surface area contributed by atoms with Gasteiger partial charge in [0.05, 0.1) is 5.69 Å². The fraction of sp³-hybridized carbons (Fsp3) is 0.211. The smallest absolute Gasteiger partial charge is 0.373 e. The molecule has 3 aromatic rings. The van der Waals surface area contributed by atoms with Gasteiger partial charge in [0.25, 0.3) is 5.91 Å². The first-order valence-electron chi connectivity index (χ1n) is 8.32. The number of halogens is 3. The van der Waals surface area contributed by atoms with E-state index in [1.165, 1.54) is 5.48 Å². The number of aromatic nitrogens is 1. The van der Waals surface area contributed by atoms with E-state index < -0.39 is 24.4 Å². The number of hydrogen-bond donors (Lipinski definition) is 4. The van der Waals surface area contributed by atoms with Gasteiger partial charge in [-0.05, 0) is 35.2 Å². The van der Waals surface area contributed by atoms with Gasteiger partial charge in [0, 0.05) is 18.1 Å². The van der Waals surface area contributed by atoms with Crippen molar-refractivity contribution in [3.05, 3.63) is 71.4 Å². The Morgan fingerprint density at radius 3 is 2.32 bits per heavy atom. The van der Waals surface area contributed by atoms with Crippen LogP contribution < -0.4 is 10.8 Å². The first kappa shape index (κ1) is 19.9. The lowest BCUT2D eigenvalue weighted by atomic mass is 10.0. The molecule has 28 heavy (non-hydrogen) atoms. The Kier molecular flexibility index (Phi) is 5.41. The standard InChI is InChI=1S/C19H18F3N3O3/c1-25-14-5-3-2-4-13(14)10-15(25)18(27)23-16(19(20,21)22)11-6-8-12(9-7-11)17(26)24-28/h2-10,16,18,23,27-28H,1H3,(H,24,26). The van der Waals surface area contributed by atoms with Crippen molar-refractivity contribution >= 4 is 16.8 Å². The van der Waals surface area contributed by atoms with E-state index >= 15 is 0 Å². The predicted molar refractivity (Wildman–Crippen MR) is 95.5 cm³/mol. The molecule has 1 aromatic heterocycles. The summed E-state index contributed by atoms with van der Waals surface area (Å²) in [6, 6.07) is 11.2. The number of fused-ring (bicyclic) bond motifs is 1. The van der Waals surface area contributed by atoms with Crippen LogP contribution in [0.15, 0.2) is 54.6 Å². The molecule has 0 bridgehead atoms. The molecule has 0 aliphatic carbocycles. The van der Waals surface area contributed by atoms with Crippen molar-refractivity contribution in [2.75, 3.05) is 0 Å². The Morgan fingerprint density at radius 1 is 1.11 bits per heavy atom. The number of aliphatic hydroxyl groups is 1. The largest absolute Gasteiger partial charge is 0.407 e. The first-order valence-corrected chi connectivity index (χ1v) is 8.32. The molecule has 0 radical (unpaired) electrons. The van der Waals surface area contributed by atoms with E-state index in [1.807, 2.05) is 0 Å². The van der Waals surface area contributed by atoms with Crippen LogP contribution in [-0.2, 0) is 7.05 Å². The highest BCUT2D eigenvalue weighted by Crippen LogP contribution is 2.35. The van der Waals surface area contributed by atoms with E-state index in [1.54, 1.807) is 41.9 Å². The Morgan fingerprint density at radius 2 is 1.75 bits per heavy atom. The molecular weight excluding hydrogens is 375 g/mol. The third-order valence-electron chi connectivity index (χ3n) is 4.53. The van der Waals surface area contributed by atoms with E-state index in [4.69, 9.17) is 5.21 Å². The first-order chi connectivity index (χ1) is 13.2. The molecule has 2 unspecified atom stereocenters. The molecule has 1 heterocycles. The quantitative estimate of drug-likeness (QED) is 0.305. The zero-order valence-corrected chi connectivity index (χ0v) is 14.7. The van der Waals surface area contributed by atoms with Crippen LogP contribution in [0.5, 0.6) is 0 Å². The lowest BCUT2D eigenvalue weighted by Gasteiger charge is -2.25. The number of hydroxylamine groups is 1. The number of alkyl halides is 3. The zero-order chi connectivity index (χ0) is 20.5. The van der Waals surface area contributed by atoms with Crippen LogP contribution in [0.4, 0.5) is 13.2 Å². The molecule has 4 N–H and O–H groups in total. The number of amides is 1. The maximum Gasteiger partial charge on any atom is 0.407 e. The molecule has 2 atom stereocenters. The van der Waals surface area contributed by atoms with E-state index in [9.17, 15) is 23.1 Å². The summed E-state index contributed by atoms with van der Waals surface area (Å²) < 4.78 is 42.5. The lowest BCUT2D eigenvalue weighted by Crippen LogP contribution is -2.37. The van der Waals surface area contributed by atoms with Crippen molar-refractivity contribution in [1.29, 1.82) is 0 Å². The average molecular weight is 393 g/mol. The number of hydrogen-bond acceptors (Lipinski definition) is 4. The van der Waals surface area contributed by atoms with Gasteiger partial charge in [-0.15, -0.1) is 0 Å². The zero-order valence-electron chi connectivity index (χ0n) is 14.7. The van der Waals surface area contributed by atoms with Gasteiger partial charge >= 0.3 is 6.18 Å². The SMILES string of the molecule is Cn1c(C(O)NC(c2ccc(C(=O)NO)cc2)C(F)(F)F)cc2ccccc21. The predicted octanol–water partition coefficient (Wildman–Crippen LogP) is 3.18. The van der Waals surface area contributed by atoms with Gasteiger partial charge in [-0.1, -0.05) is 30.3 Å². The molecule has 0 aliphatic rings. The number of benzene rings is 2. The fourth-order valence-electron chi connectivity index (χ4n) is 3.09. The van der Waals surface area contributed by atoms with E-state index in [-0.39, 0.29) is 16.8 Å². The van der Waals surface area contributed by atoms with Crippen LogP contribution in [0.3, 0.4) is 0 Å². The number of carbonyl (C=O) groups is 1. The minimum absolute atomic E-state index is 0.00130. The number of carbonyl (C=O) groups excluding carboxylic acids is 1. The van der Waals surface area contributed by atoms with Gasteiger partial charge in [0.15, 0.2) is 0 Å². The number of aryl methyl sites for hydroxylation is 1. The van der Waals surface area contributed by atoms with Crippen LogP contribution in [0, 0.1) is 0 Å². The Balaban J connectivity index is 1.90. The Hall–Kier alpha value is -2.88. The topological polar surface area (TPSA) is 86.5 Å². The van der Waals surface area contributed by atoms with Gasteiger partial charge in [0.2, 0.25) is 0 Å². The molecule has 148 valence electrons. The van der Waals surface area contributed by atoms with E-state index in [0.29, 0.717) is 0 Å². The summed E-state index contributed by atoms with van der Waals surface area (Å²) >= 11 is 0. The molecule has 0 fully saturated rings. The maximum absolute atomic E-state index is 13.6. The molecule has 9 heteroatoms. The van der Waals surface area contributed by atoms with Gasteiger partial charge in [0.1, 0.15) is 12.3 Å². The molecule has 1 amide bonds. The molecule has 2 aromatic carbocycles. The summed E-state index contributed by atoms with van der Waals surface area (Å²) in [7, 11) is 1.66. The minimum Gasteiger partial charge on any atom is -0.373 e. The van der Waals surface area contributed by atoms with Crippen molar-refractivity contribution in [2.24, 2.45) is 7.05 Å². The van der Waals surface area contributed by atoms with E-state index in [2.05, 4.69) is 5.32 Å². The van der Waals surface area contributed by atoms with Crippen molar-refractivity contribution < 1.29 is 28.3 Å². The highest BCUT2D eigenvalue weighted by Gasteiger charge is 2.42. The average Bonchev–Trinajstić information content (AvgIpc) is 3.01. The van der Waals surface area contributed by atoms with Crippen LogP contribution in [0.2, 0.25) is 0 Å². The monoisotopic (exact) mass is 393 g/mol.